The molecule has 0 aromatic heterocycles. The first-order valence-corrected chi connectivity index (χ1v) is 6.10. The molecule has 3 heteroatoms. The van der Waals surface area contributed by atoms with Gasteiger partial charge < -0.3 is 15.2 Å². The van der Waals surface area contributed by atoms with E-state index in [-0.39, 0.29) is 12.0 Å². The van der Waals surface area contributed by atoms with E-state index in [1.165, 1.54) is 5.56 Å². The summed E-state index contributed by atoms with van der Waals surface area (Å²) >= 11 is 0. The molecule has 94 valence electrons. The van der Waals surface area contributed by atoms with Crippen molar-refractivity contribution in [1.82, 2.24) is 0 Å². The molecule has 17 heavy (non-hydrogen) atoms. The second-order valence-electron chi connectivity index (χ2n) is 5.17. The molecule has 1 aliphatic rings. The summed E-state index contributed by atoms with van der Waals surface area (Å²) in [5, 5.41) is 12.7. The fraction of sp³-hybridized carbons (Fsp3) is 0.571. The van der Waals surface area contributed by atoms with Crippen LogP contribution in [0.15, 0.2) is 12.1 Å². The van der Waals surface area contributed by atoms with E-state index in [0.29, 0.717) is 0 Å². The highest BCUT2D eigenvalue weighted by Gasteiger charge is 2.41. The third kappa shape index (κ3) is 2.55. The molecule has 2 N–H and O–H groups in total. The lowest BCUT2D eigenvalue weighted by Crippen LogP contribution is -2.19. The molecule has 1 saturated carbocycles. The van der Waals surface area contributed by atoms with E-state index in [2.05, 4.69) is 31.3 Å². The van der Waals surface area contributed by atoms with Crippen molar-refractivity contribution in [2.75, 3.05) is 25.6 Å². The second-order valence-corrected chi connectivity index (χ2v) is 5.17. The third-order valence-electron chi connectivity index (χ3n) is 3.57. The first-order valence-electron chi connectivity index (χ1n) is 6.10. The van der Waals surface area contributed by atoms with Gasteiger partial charge >= 0.3 is 0 Å². The number of aliphatic hydroxyl groups is 1. The lowest BCUT2D eigenvalue weighted by Gasteiger charge is -2.18. The number of nitrogens with one attached hydrogen (secondary N) is 1. The zero-order valence-corrected chi connectivity index (χ0v) is 10.8. The van der Waals surface area contributed by atoms with Crippen LogP contribution in [-0.4, -0.2) is 25.4 Å². The Morgan fingerprint density at radius 1 is 1.35 bits per heavy atom. The van der Waals surface area contributed by atoms with Crippen LogP contribution in [0.1, 0.15) is 24.0 Å². The molecule has 1 aliphatic carbocycles. The highest BCUT2D eigenvalue weighted by molar-refractivity contribution is 5.61. The van der Waals surface area contributed by atoms with E-state index in [9.17, 15) is 5.11 Å². The van der Waals surface area contributed by atoms with Crippen LogP contribution in [0.25, 0.3) is 0 Å². The van der Waals surface area contributed by atoms with Crippen molar-refractivity contribution in [2.24, 2.45) is 5.41 Å². The summed E-state index contributed by atoms with van der Waals surface area (Å²) in [5.74, 6) is 0.907. The number of benzene rings is 1. The topological polar surface area (TPSA) is 41.5 Å². The van der Waals surface area contributed by atoms with Crippen molar-refractivity contribution in [3.05, 3.63) is 23.3 Å². The molecule has 0 bridgehead atoms. The predicted molar refractivity (Wildman–Crippen MR) is 69.7 cm³/mol. The maximum absolute atomic E-state index is 9.30. The maximum atomic E-state index is 9.30. The average Bonchev–Trinajstić information content (AvgIpc) is 3.06. The van der Waals surface area contributed by atoms with Crippen molar-refractivity contribution in [3.63, 3.8) is 0 Å². The van der Waals surface area contributed by atoms with Crippen LogP contribution in [0, 0.1) is 19.3 Å². The molecular weight excluding hydrogens is 214 g/mol. The summed E-state index contributed by atoms with van der Waals surface area (Å²) in [6.07, 6.45) is 2.23. The van der Waals surface area contributed by atoms with Crippen LogP contribution >= 0.6 is 0 Å². The summed E-state index contributed by atoms with van der Waals surface area (Å²) in [5.41, 5.74) is 3.51. The van der Waals surface area contributed by atoms with Crippen molar-refractivity contribution in [3.8, 4) is 5.75 Å². The van der Waals surface area contributed by atoms with Crippen molar-refractivity contribution >= 4 is 5.69 Å². The van der Waals surface area contributed by atoms with Gasteiger partial charge in [-0.25, -0.2) is 0 Å². The van der Waals surface area contributed by atoms with E-state index in [4.69, 9.17) is 4.74 Å². The molecule has 0 aliphatic heterocycles. The zero-order chi connectivity index (χ0) is 12.5. The number of methoxy groups -OCH3 is 1. The molecule has 2 rings (SSSR count). The Kier molecular flexibility index (Phi) is 3.29. The van der Waals surface area contributed by atoms with Crippen molar-refractivity contribution < 1.29 is 9.84 Å². The molecule has 1 aromatic carbocycles. The smallest absolute Gasteiger partial charge is 0.144 e. The van der Waals surface area contributed by atoms with Gasteiger partial charge in [-0.2, -0.15) is 0 Å². The molecule has 0 heterocycles. The van der Waals surface area contributed by atoms with Gasteiger partial charge in [-0.1, -0.05) is 6.07 Å². The lowest BCUT2D eigenvalue weighted by molar-refractivity contribution is 0.219. The molecule has 1 aromatic rings. The van der Waals surface area contributed by atoms with Crippen LogP contribution in [-0.2, 0) is 0 Å². The molecule has 0 saturated heterocycles. The van der Waals surface area contributed by atoms with Gasteiger partial charge in [0.15, 0.2) is 0 Å². The van der Waals surface area contributed by atoms with E-state index >= 15 is 0 Å². The van der Waals surface area contributed by atoms with Gasteiger partial charge in [0.05, 0.1) is 19.4 Å². The SMILES string of the molecule is COc1c(C)cc(C)cc1NCC1(CO)CC1. The minimum absolute atomic E-state index is 0.114. The van der Waals surface area contributed by atoms with Gasteiger partial charge in [-0.15, -0.1) is 0 Å². The zero-order valence-electron chi connectivity index (χ0n) is 10.8. The number of rotatable bonds is 5. The minimum Gasteiger partial charge on any atom is -0.494 e. The largest absolute Gasteiger partial charge is 0.494 e. The standard InChI is InChI=1S/C14H21NO2/c1-10-6-11(2)13(17-3)12(7-10)15-8-14(9-16)4-5-14/h6-7,15-16H,4-5,8-9H2,1-3H3. The van der Waals surface area contributed by atoms with Crippen LogP contribution in [0.2, 0.25) is 0 Å². The molecule has 0 unspecified atom stereocenters. The normalized spacial score (nSPS) is 16.7. The molecule has 0 atom stereocenters. The van der Waals surface area contributed by atoms with Gasteiger partial charge in [-0.05, 0) is 43.9 Å². The average molecular weight is 235 g/mol. The summed E-state index contributed by atoms with van der Waals surface area (Å²) < 4.78 is 5.43. The van der Waals surface area contributed by atoms with E-state index in [1.807, 2.05) is 0 Å². The van der Waals surface area contributed by atoms with Crippen LogP contribution < -0.4 is 10.1 Å². The Morgan fingerprint density at radius 2 is 2.06 bits per heavy atom. The number of aryl methyl sites for hydroxylation is 2. The van der Waals surface area contributed by atoms with Gasteiger partial charge in [-0.3, -0.25) is 0 Å². The summed E-state index contributed by atoms with van der Waals surface area (Å²) in [7, 11) is 1.70. The Hall–Kier alpha value is -1.22. The van der Waals surface area contributed by atoms with E-state index in [1.54, 1.807) is 7.11 Å². The summed E-state index contributed by atoms with van der Waals surface area (Å²) in [6.45, 7) is 5.22. The van der Waals surface area contributed by atoms with Crippen LogP contribution in [0.3, 0.4) is 0 Å². The fourth-order valence-electron chi connectivity index (χ4n) is 2.21. The quantitative estimate of drug-likeness (QED) is 0.824. The summed E-state index contributed by atoms with van der Waals surface area (Å²) in [6, 6.07) is 4.21. The first-order chi connectivity index (χ1) is 8.10. The molecule has 0 radical (unpaired) electrons. The minimum atomic E-state index is 0.114. The van der Waals surface area contributed by atoms with Crippen LogP contribution in [0.5, 0.6) is 5.75 Å². The van der Waals surface area contributed by atoms with Crippen molar-refractivity contribution in [2.45, 2.75) is 26.7 Å². The Bertz CT molecular complexity index is 411. The Balaban J connectivity index is 2.14. The maximum Gasteiger partial charge on any atom is 0.144 e. The third-order valence-corrected chi connectivity index (χ3v) is 3.57. The monoisotopic (exact) mass is 235 g/mol. The number of ether oxygens (including phenoxy) is 1. The molecule has 1 fully saturated rings. The Morgan fingerprint density at radius 3 is 2.59 bits per heavy atom. The molecule has 0 amide bonds. The predicted octanol–water partition coefficient (Wildman–Crippen LogP) is 2.50. The lowest BCUT2D eigenvalue weighted by atomic mass is 10.1. The second kappa shape index (κ2) is 4.57. The Labute approximate surface area is 103 Å². The highest BCUT2D eigenvalue weighted by Crippen LogP contribution is 2.45. The van der Waals surface area contributed by atoms with Crippen LogP contribution in [0.4, 0.5) is 5.69 Å². The van der Waals surface area contributed by atoms with E-state index in [0.717, 1.165) is 36.4 Å². The molecular formula is C14H21NO2. The van der Waals surface area contributed by atoms with E-state index < -0.39 is 0 Å². The van der Waals surface area contributed by atoms with Gasteiger partial charge in [0.25, 0.3) is 0 Å². The van der Waals surface area contributed by atoms with Gasteiger partial charge in [0.2, 0.25) is 0 Å². The van der Waals surface area contributed by atoms with Crippen molar-refractivity contribution in [1.29, 1.82) is 0 Å². The number of anilines is 1. The summed E-state index contributed by atoms with van der Waals surface area (Å²) in [4.78, 5) is 0. The highest BCUT2D eigenvalue weighted by atomic mass is 16.5. The molecule has 0 spiro atoms. The van der Waals surface area contributed by atoms with Gasteiger partial charge in [0, 0.05) is 12.0 Å². The van der Waals surface area contributed by atoms with Gasteiger partial charge in [0.1, 0.15) is 5.75 Å². The fourth-order valence-corrected chi connectivity index (χ4v) is 2.21. The number of hydrogen-bond acceptors (Lipinski definition) is 3. The number of aliphatic hydroxyl groups excluding tert-OH is 1. The number of hydrogen-bond donors (Lipinski definition) is 2. The first kappa shape index (κ1) is 12.2. The molecule has 3 nitrogen and oxygen atoms in total.